The smallest absolute Gasteiger partial charge is 0.320 e. The molecule has 0 aliphatic carbocycles. The van der Waals surface area contributed by atoms with Gasteiger partial charge in [0, 0.05) is 19.5 Å². The van der Waals surface area contributed by atoms with Crippen LogP contribution < -0.4 is 4.74 Å². The zero-order chi connectivity index (χ0) is 19.3. The number of cyclic esters (lactones) is 1. The van der Waals surface area contributed by atoms with Crippen LogP contribution in [0.5, 0.6) is 11.5 Å². The number of allylic oxidation sites excluding steroid dienone is 1. The van der Waals surface area contributed by atoms with Crippen LogP contribution >= 0.6 is 0 Å². The number of esters is 1. The van der Waals surface area contributed by atoms with Crippen LogP contribution in [0.15, 0.2) is 24.3 Å². The van der Waals surface area contributed by atoms with Crippen molar-refractivity contribution in [1.29, 1.82) is 0 Å². The molecule has 0 aromatic heterocycles. The zero-order valence-electron chi connectivity index (χ0n) is 15.5. The molecule has 2 saturated heterocycles. The molecule has 1 aromatic rings. The van der Waals surface area contributed by atoms with E-state index in [9.17, 15) is 14.7 Å². The molecule has 0 amide bonds. The minimum Gasteiger partial charge on any atom is -0.504 e. The van der Waals surface area contributed by atoms with Crippen molar-refractivity contribution in [2.75, 3.05) is 46.6 Å². The molecular formula is C20H25NO6. The number of methoxy groups -OCH3 is 1. The Morgan fingerprint density at radius 1 is 1.33 bits per heavy atom. The molecule has 2 aliphatic heterocycles. The summed E-state index contributed by atoms with van der Waals surface area (Å²) in [5, 5.41) is 9.66. The molecule has 2 fully saturated rings. The van der Waals surface area contributed by atoms with Gasteiger partial charge in [0.15, 0.2) is 17.3 Å². The molecule has 27 heavy (non-hydrogen) atoms. The van der Waals surface area contributed by atoms with E-state index in [2.05, 4.69) is 4.90 Å². The summed E-state index contributed by atoms with van der Waals surface area (Å²) in [5.74, 6) is -0.326. The molecule has 0 radical (unpaired) electrons. The Labute approximate surface area is 158 Å². The van der Waals surface area contributed by atoms with E-state index in [1.54, 1.807) is 18.2 Å². The molecular weight excluding hydrogens is 350 g/mol. The van der Waals surface area contributed by atoms with Gasteiger partial charge in [-0.2, -0.15) is 0 Å². The van der Waals surface area contributed by atoms with Crippen LogP contribution in [0.1, 0.15) is 18.4 Å². The van der Waals surface area contributed by atoms with Gasteiger partial charge in [0.2, 0.25) is 0 Å². The highest BCUT2D eigenvalue weighted by Crippen LogP contribution is 2.36. The van der Waals surface area contributed by atoms with Crippen molar-refractivity contribution in [3.63, 3.8) is 0 Å². The number of nitrogens with zero attached hydrogens (tertiary/aromatic N) is 1. The predicted octanol–water partition coefficient (Wildman–Crippen LogP) is 1.64. The maximum Gasteiger partial charge on any atom is 0.320 e. The van der Waals surface area contributed by atoms with E-state index in [1.807, 2.05) is 0 Å². The first-order valence-electron chi connectivity index (χ1n) is 9.12. The Morgan fingerprint density at radius 3 is 2.78 bits per heavy atom. The third-order valence-corrected chi connectivity index (χ3v) is 5.21. The van der Waals surface area contributed by atoms with Gasteiger partial charge >= 0.3 is 5.97 Å². The Bertz CT molecular complexity index is 725. The van der Waals surface area contributed by atoms with Crippen molar-refractivity contribution < 1.29 is 28.9 Å². The van der Waals surface area contributed by atoms with Crippen LogP contribution in [0.3, 0.4) is 0 Å². The molecule has 1 N–H and O–H groups in total. The fourth-order valence-electron chi connectivity index (χ4n) is 3.44. The van der Waals surface area contributed by atoms with Crippen LogP contribution in [0, 0.1) is 5.41 Å². The topological polar surface area (TPSA) is 85.3 Å². The minimum absolute atomic E-state index is 0.0299. The van der Waals surface area contributed by atoms with E-state index in [0.29, 0.717) is 43.9 Å². The molecule has 0 spiro atoms. The summed E-state index contributed by atoms with van der Waals surface area (Å²) in [5.41, 5.74) is -0.414. The molecule has 146 valence electrons. The first-order chi connectivity index (χ1) is 13.0. The number of carbonyl (C=O) groups excluding carboxylic acids is 2. The third-order valence-electron chi connectivity index (χ3n) is 5.21. The fraction of sp³-hybridized carbons (Fsp3) is 0.500. The van der Waals surface area contributed by atoms with Crippen molar-refractivity contribution in [1.82, 2.24) is 4.90 Å². The number of ether oxygens (including phenoxy) is 3. The summed E-state index contributed by atoms with van der Waals surface area (Å²) < 4.78 is 15.6. The number of carbonyl (C=O) groups is 2. The summed E-state index contributed by atoms with van der Waals surface area (Å²) in [6, 6.07) is 4.81. The number of morpholine rings is 1. The lowest BCUT2D eigenvalue weighted by molar-refractivity contribution is -0.150. The average molecular weight is 375 g/mol. The Morgan fingerprint density at radius 2 is 2.11 bits per heavy atom. The lowest BCUT2D eigenvalue weighted by Gasteiger charge is -2.30. The number of hydrogen-bond acceptors (Lipinski definition) is 7. The largest absolute Gasteiger partial charge is 0.504 e. The molecule has 7 nitrogen and oxygen atoms in total. The highest BCUT2D eigenvalue weighted by Gasteiger charge is 2.49. The second-order valence-electron chi connectivity index (χ2n) is 6.80. The normalized spacial score (nSPS) is 23.5. The SMILES string of the molecule is COc1cc(/C=C/C(=O)C2(CCN3CCOCC3)CCOC2=O)ccc1O. The van der Waals surface area contributed by atoms with Crippen LogP contribution in [0.25, 0.3) is 6.08 Å². The highest BCUT2D eigenvalue weighted by atomic mass is 16.5. The highest BCUT2D eigenvalue weighted by molar-refractivity contribution is 6.11. The standard InChI is InChI=1S/C20H25NO6/c1-25-17-14-15(2-4-16(17)22)3-5-18(23)20(7-11-27-19(20)24)6-8-21-9-12-26-13-10-21/h2-5,14,22H,6-13H2,1H3/b5-3+. The van der Waals surface area contributed by atoms with Crippen LogP contribution in [-0.2, 0) is 19.1 Å². The van der Waals surface area contributed by atoms with Crippen molar-refractivity contribution in [2.45, 2.75) is 12.8 Å². The predicted molar refractivity (Wildman–Crippen MR) is 98.6 cm³/mol. The van der Waals surface area contributed by atoms with Gasteiger partial charge in [-0.1, -0.05) is 12.1 Å². The van der Waals surface area contributed by atoms with Crippen molar-refractivity contribution in [2.24, 2.45) is 5.41 Å². The Kier molecular flexibility index (Phi) is 6.13. The van der Waals surface area contributed by atoms with Gasteiger partial charge in [0.1, 0.15) is 5.41 Å². The molecule has 0 bridgehead atoms. The van der Waals surface area contributed by atoms with Crippen molar-refractivity contribution in [3.05, 3.63) is 29.8 Å². The number of phenolic OH excluding ortho intramolecular Hbond substituents is 1. The summed E-state index contributed by atoms with van der Waals surface area (Å²) in [6.45, 7) is 3.90. The lowest BCUT2D eigenvalue weighted by Crippen LogP contribution is -2.42. The monoisotopic (exact) mass is 375 g/mol. The number of hydrogen-bond donors (Lipinski definition) is 1. The van der Waals surface area contributed by atoms with Crippen LogP contribution in [0.2, 0.25) is 0 Å². The summed E-state index contributed by atoms with van der Waals surface area (Å²) >= 11 is 0. The molecule has 1 aromatic carbocycles. The summed E-state index contributed by atoms with van der Waals surface area (Å²) in [6.07, 6.45) is 3.90. The maximum atomic E-state index is 12.9. The van der Waals surface area contributed by atoms with Crippen molar-refractivity contribution in [3.8, 4) is 11.5 Å². The molecule has 2 heterocycles. The van der Waals surface area contributed by atoms with E-state index >= 15 is 0 Å². The van der Waals surface area contributed by atoms with Crippen molar-refractivity contribution >= 4 is 17.8 Å². The van der Waals surface area contributed by atoms with Gasteiger partial charge < -0.3 is 19.3 Å². The van der Waals surface area contributed by atoms with Gasteiger partial charge in [0.25, 0.3) is 0 Å². The summed E-state index contributed by atoms with van der Waals surface area (Å²) in [7, 11) is 1.46. The van der Waals surface area contributed by atoms with Gasteiger partial charge in [-0.05, 0) is 36.7 Å². The first-order valence-corrected chi connectivity index (χ1v) is 9.12. The Hall–Kier alpha value is -2.38. The second-order valence-corrected chi connectivity index (χ2v) is 6.80. The molecule has 7 heteroatoms. The van der Waals surface area contributed by atoms with E-state index < -0.39 is 11.4 Å². The number of rotatable bonds is 7. The third kappa shape index (κ3) is 4.31. The zero-order valence-corrected chi connectivity index (χ0v) is 15.5. The van der Waals surface area contributed by atoms with E-state index in [-0.39, 0.29) is 18.1 Å². The molecule has 0 saturated carbocycles. The number of benzene rings is 1. The average Bonchev–Trinajstić information content (AvgIpc) is 3.08. The molecule has 3 rings (SSSR count). The minimum atomic E-state index is -1.12. The molecule has 1 atom stereocenters. The van der Waals surface area contributed by atoms with Gasteiger partial charge in [-0.3, -0.25) is 14.5 Å². The fourth-order valence-corrected chi connectivity index (χ4v) is 3.44. The van der Waals surface area contributed by atoms with E-state index in [1.165, 1.54) is 19.3 Å². The molecule has 2 aliphatic rings. The van der Waals surface area contributed by atoms with Gasteiger partial charge in [-0.15, -0.1) is 0 Å². The second kappa shape index (κ2) is 8.54. The van der Waals surface area contributed by atoms with E-state index in [4.69, 9.17) is 14.2 Å². The van der Waals surface area contributed by atoms with Gasteiger partial charge in [-0.25, -0.2) is 0 Å². The molecule has 1 unspecified atom stereocenters. The quantitative estimate of drug-likeness (QED) is 0.440. The summed E-state index contributed by atoms with van der Waals surface area (Å²) in [4.78, 5) is 27.5. The number of phenols is 1. The number of ketones is 1. The maximum absolute atomic E-state index is 12.9. The first kappa shape index (κ1) is 19.4. The van der Waals surface area contributed by atoms with Crippen LogP contribution in [-0.4, -0.2) is 68.3 Å². The van der Waals surface area contributed by atoms with Gasteiger partial charge in [0.05, 0.1) is 26.9 Å². The Balaban J connectivity index is 1.72. The number of aromatic hydroxyl groups is 1. The lowest BCUT2D eigenvalue weighted by atomic mass is 9.78. The van der Waals surface area contributed by atoms with Crippen LogP contribution in [0.4, 0.5) is 0 Å². The van der Waals surface area contributed by atoms with E-state index in [0.717, 1.165) is 13.1 Å².